The SMILES string of the molecule is CN(CCc1noc(-c2ccc(F)cc2)n1)C(=O)NC[C@@H]1CCCO1. The number of rotatable bonds is 6. The number of likely N-dealkylation sites (N-methyl/N-ethyl adjacent to an activating group) is 1. The average Bonchev–Trinajstić information content (AvgIpc) is 3.30. The number of hydrogen-bond donors (Lipinski definition) is 1. The fourth-order valence-corrected chi connectivity index (χ4v) is 2.58. The fourth-order valence-electron chi connectivity index (χ4n) is 2.58. The Hall–Kier alpha value is -2.48. The summed E-state index contributed by atoms with van der Waals surface area (Å²) >= 11 is 0. The smallest absolute Gasteiger partial charge is 0.317 e. The third-order valence-electron chi connectivity index (χ3n) is 4.08. The van der Waals surface area contributed by atoms with Gasteiger partial charge in [-0.2, -0.15) is 4.98 Å². The number of halogens is 1. The molecule has 0 radical (unpaired) electrons. The van der Waals surface area contributed by atoms with Crippen LogP contribution in [0, 0.1) is 5.82 Å². The normalized spacial score (nSPS) is 16.8. The lowest BCUT2D eigenvalue weighted by Gasteiger charge is -2.18. The summed E-state index contributed by atoms with van der Waals surface area (Å²) in [4.78, 5) is 17.9. The van der Waals surface area contributed by atoms with Gasteiger partial charge in [-0.1, -0.05) is 5.16 Å². The summed E-state index contributed by atoms with van der Waals surface area (Å²) in [7, 11) is 1.71. The third kappa shape index (κ3) is 4.76. The van der Waals surface area contributed by atoms with Crippen LogP contribution in [0.5, 0.6) is 0 Å². The Balaban J connectivity index is 1.46. The molecule has 1 aromatic carbocycles. The standard InChI is InChI=1S/C17H21FN4O3/c1-22(17(23)19-11-14-3-2-10-24-14)9-8-15-20-16(25-21-15)12-4-6-13(18)7-5-12/h4-7,14H,2-3,8-11H2,1H3,(H,19,23)/t14-/m0/s1. The zero-order chi connectivity index (χ0) is 17.6. The van der Waals surface area contributed by atoms with Gasteiger partial charge < -0.3 is 19.5 Å². The lowest BCUT2D eigenvalue weighted by molar-refractivity contribution is 0.109. The Labute approximate surface area is 145 Å². The van der Waals surface area contributed by atoms with Crippen molar-refractivity contribution in [2.45, 2.75) is 25.4 Å². The number of carbonyl (C=O) groups excluding carboxylic acids is 1. The second-order valence-corrected chi connectivity index (χ2v) is 6.02. The summed E-state index contributed by atoms with van der Waals surface area (Å²) in [6.07, 6.45) is 2.62. The van der Waals surface area contributed by atoms with Crippen molar-refractivity contribution in [3.63, 3.8) is 0 Å². The van der Waals surface area contributed by atoms with Crippen molar-refractivity contribution in [1.82, 2.24) is 20.4 Å². The van der Waals surface area contributed by atoms with E-state index >= 15 is 0 Å². The van der Waals surface area contributed by atoms with Gasteiger partial charge in [0.1, 0.15) is 5.82 Å². The number of amides is 2. The molecule has 0 aliphatic carbocycles. The van der Waals surface area contributed by atoms with Crippen LogP contribution in [0.4, 0.5) is 9.18 Å². The molecule has 0 spiro atoms. The van der Waals surface area contributed by atoms with Crippen LogP contribution in [0.1, 0.15) is 18.7 Å². The zero-order valence-corrected chi connectivity index (χ0v) is 14.1. The van der Waals surface area contributed by atoms with Gasteiger partial charge in [0, 0.05) is 38.7 Å². The van der Waals surface area contributed by atoms with E-state index in [1.165, 1.54) is 12.1 Å². The molecule has 1 saturated heterocycles. The van der Waals surface area contributed by atoms with Crippen LogP contribution in [0.2, 0.25) is 0 Å². The maximum absolute atomic E-state index is 12.9. The molecule has 3 rings (SSSR count). The number of benzene rings is 1. The minimum absolute atomic E-state index is 0.118. The number of hydrogen-bond acceptors (Lipinski definition) is 5. The molecule has 25 heavy (non-hydrogen) atoms. The van der Waals surface area contributed by atoms with Crippen LogP contribution < -0.4 is 5.32 Å². The maximum atomic E-state index is 12.9. The average molecular weight is 348 g/mol. The van der Waals surface area contributed by atoms with Crippen LogP contribution in [0.25, 0.3) is 11.5 Å². The van der Waals surface area contributed by atoms with E-state index in [2.05, 4.69) is 15.5 Å². The van der Waals surface area contributed by atoms with E-state index in [1.54, 1.807) is 24.1 Å². The van der Waals surface area contributed by atoms with Crippen LogP contribution >= 0.6 is 0 Å². The molecule has 7 nitrogen and oxygen atoms in total. The van der Waals surface area contributed by atoms with Crippen molar-refractivity contribution >= 4 is 6.03 Å². The Kier molecular flexibility index (Phi) is 5.60. The first kappa shape index (κ1) is 17.3. The number of carbonyl (C=O) groups is 1. The van der Waals surface area contributed by atoms with Crippen molar-refractivity contribution in [3.8, 4) is 11.5 Å². The van der Waals surface area contributed by atoms with E-state index in [-0.39, 0.29) is 18.0 Å². The lowest BCUT2D eigenvalue weighted by atomic mass is 10.2. The van der Waals surface area contributed by atoms with Gasteiger partial charge in [0.2, 0.25) is 0 Å². The molecular formula is C17H21FN4O3. The van der Waals surface area contributed by atoms with Gasteiger partial charge >= 0.3 is 6.03 Å². The van der Waals surface area contributed by atoms with Crippen LogP contribution in [-0.2, 0) is 11.2 Å². The fraction of sp³-hybridized carbons (Fsp3) is 0.471. The number of urea groups is 1. The molecule has 1 aliphatic rings. The highest BCUT2D eigenvalue weighted by molar-refractivity contribution is 5.73. The summed E-state index contributed by atoms with van der Waals surface area (Å²) in [5.74, 6) is 0.512. The van der Waals surface area contributed by atoms with E-state index in [0.29, 0.717) is 36.8 Å². The summed E-state index contributed by atoms with van der Waals surface area (Å²) in [6, 6.07) is 5.68. The van der Waals surface area contributed by atoms with Crippen molar-refractivity contribution in [3.05, 3.63) is 35.9 Å². The Morgan fingerprint density at radius 2 is 2.20 bits per heavy atom. The van der Waals surface area contributed by atoms with Crippen LogP contribution in [-0.4, -0.2) is 53.9 Å². The van der Waals surface area contributed by atoms with Gasteiger partial charge in [-0.3, -0.25) is 0 Å². The molecule has 1 fully saturated rings. The van der Waals surface area contributed by atoms with E-state index in [0.717, 1.165) is 19.4 Å². The third-order valence-corrected chi connectivity index (χ3v) is 4.08. The monoisotopic (exact) mass is 348 g/mol. The molecule has 2 heterocycles. The largest absolute Gasteiger partial charge is 0.376 e. The van der Waals surface area contributed by atoms with Crippen molar-refractivity contribution in [1.29, 1.82) is 0 Å². The molecule has 2 aromatic rings. The minimum atomic E-state index is -0.320. The highest BCUT2D eigenvalue weighted by Crippen LogP contribution is 2.17. The van der Waals surface area contributed by atoms with E-state index in [1.807, 2.05) is 0 Å². The molecular weight excluding hydrogens is 327 g/mol. The van der Waals surface area contributed by atoms with Gasteiger partial charge in [0.25, 0.3) is 5.89 Å². The van der Waals surface area contributed by atoms with Gasteiger partial charge in [0.05, 0.1) is 6.10 Å². The zero-order valence-electron chi connectivity index (χ0n) is 14.1. The first-order chi connectivity index (χ1) is 12.1. The van der Waals surface area contributed by atoms with Crippen molar-refractivity contribution in [2.75, 3.05) is 26.7 Å². The molecule has 0 saturated carbocycles. The minimum Gasteiger partial charge on any atom is -0.376 e. The van der Waals surface area contributed by atoms with Gasteiger partial charge in [-0.15, -0.1) is 0 Å². The number of aromatic nitrogens is 2. The summed E-state index contributed by atoms with van der Waals surface area (Å²) in [5.41, 5.74) is 0.655. The molecule has 0 bridgehead atoms. The predicted octanol–water partition coefficient (Wildman–Crippen LogP) is 2.24. The summed E-state index contributed by atoms with van der Waals surface area (Å²) in [6.45, 7) is 1.75. The summed E-state index contributed by atoms with van der Waals surface area (Å²) < 4.78 is 23.6. The second kappa shape index (κ2) is 8.06. The topological polar surface area (TPSA) is 80.5 Å². The first-order valence-corrected chi connectivity index (χ1v) is 8.31. The van der Waals surface area contributed by atoms with Crippen LogP contribution in [0.3, 0.4) is 0 Å². The van der Waals surface area contributed by atoms with E-state index in [4.69, 9.17) is 9.26 Å². The highest BCUT2D eigenvalue weighted by Gasteiger charge is 2.18. The quantitative estimate of drug-likeness (QED) is 0.866. The molecule has 0 unspecified atom stereocenters. The van der Waals surface area contributed by atoms with Crippen LogP contribution in [0.15, 0.2) is 28.8 Å². The Bertz CT molecular complexity index is 698. The van der Waals surface area contributed by atoms with Gasteiger partial charge in [-0.05, 0) is 37.1 Å². The molecule has 1 aliphatic heterocycles. The van der Waals surface area contributed by atoms with Gasteiger partial charge in [0.15, 0.2) is 5.82 Å². The first-order valence-electron chi connectivity index (χ1n) is 8.31. The number of nitrogens with one attached hydrogen (secondary N) is 1. The van der Waals surface area contributed by atoms with E-state index in [9.17, 15) is 9.18 Å². The predicted molar refractivity (Wildman–Crippen MR) is 88.4 cm³/mol. The molecule has 2 amide bonds. The van der Waals surface area contributed by atoms with Crippen molar-refractivity contribution < 1.29 is 18.4 Å². The molecule has 1 aromatic heterocycles. The highest BCUT2D eigenvalue weighted by atomic mass is 19.1. The number of ether oxygens (including phenoxy) is 1. The Morgan fingerprint density at radius 3 is 2.92 bits per heavy atom. The number of nitrogens with zero attached hydrogens (tertiary/aromatic N) is 3. The molecule has 1 N–H and O–H groups in total. The lowest BCUT2D eigenvalue weighted by Crippen LogP contribution is -2.41. The van der Waals surface area contributed by atoms with Crippen molar-refractivity contribution in [2.24, 2.45) is 0 Å². The van der Waals surface area contributed by atoms with E-state index < -0.39 is 0 Å². The molecule has 8 heteroatoms. The second-order valence-electron chi connectivity index (χ2n) is 6.02. The molecule has 134 valence electrons. The molecule has 1 atom stereocenters. The summed E-state index contributed by atoms with van der Waals surface area (Å²) in [5, 5.41) is 6.76. The maximum Gasteiger partial charge on any atom is 0.317 e. The van der Waals surface area contributed by atoms with Gasteiger partial charge in [-0.25, -0.2) is 9.18 Å². The Morgan fingerprint density at radius 1 is 1.40 bits per heavy atom.